The lowest BCUT2D eigenvalue weighted by molar-refractivity contribution is -0.151. The third kappa shape index (κ3) is 1.71. The van der Waals surface area contributed by atoms with Crippen molar-refractivity contribution in [3.63, 3.8) is 0 Å². The maximum atomic E-state index is 12.2. The van der Waals surface area contributed by atoms with Gasteiger partial charge >= 0.3 is 11.9 Å². The van der Waals surface area contributed by atoms with Crippen molar-refractivity contribution >= 4 is 11.9 Å². The topological polar surface area (TPSA) is 77.7 Å². The highest BCUT2D eigenvalue weighted by Gasteiger charge is 2.77. The summed E-state index contributed by atoms with van der Waals surface area (Å²) in [6.45, 7) is 6.13. The second kappa shape index (κ2) is 4.09. The first-order valence-corrected chi connectivity index (χ1v) is 8.55. The smallest absolute Gasteiger partial charge is 0.309 e. The first-order chi connectivity index (χ1) is 10.9. The molecule has 5 aliphatic rings. The fourth-order valence-corrected chi connectivity index (χ4v) is 5.72. The van der Waals surface area contributed by atoms with Gasteiger partial charge in [0.1, 0.15) is 12.2 Å². The summed E-state index contributed by atoms with van der Waals surface area (Å²) in [5.41, 5.74) is -0.441. The number of hydrogen-bond donors (Lipinski definition) is 0. The van der Waals surface area contributed by atoms with Gasteiger partial charge in [0.15, 0.2) is 0 Å². The zero-order chi connectivity index (χ0) is 16.1. The third-order valence-corrected chi connectivity index (χ3v) is 6.96. The molecule has 6 heteroatoms. The van der Waals surface area contributed by atoms with Gasteiger partial charge in [-0.2, -0.15) is 0 Å². The second-order valence-corrected chi connectivity index (χ2v) is 8.13. The molecule has 126 valence electrons. The van der Waals surface area contributed by atoms with Crippen molar-refractivity contribution in [2.45, 2.75) is 63.1 Å². The van der Waals surface area contributed by atoms with Crippen molar-refractivity contribution in [3.05, 3.63) is 0 Å². The molecular formula is C17H22O6. The first-order valence-electron chi connectivity index (χ1n) is 8.55. The van der Waals surface area contributed by atoms with Crippen LogP contribution in [-0.2, 0) is 28.5 Å². The number of hydrogen-bond acceptors (Lipinski definition) is 6. The molecule has 0 unspecified atom stereocenters. The molecule has 6 nitrogen and oxygen atoms in total. The van der Waals surface area contributed by atoms with Crippen LogP contribution in [0.15, 0.2) is 0 Å². The zero-order valence-corrected chi connectivity index (χ0v) is 13.6. The van der Waals surface area contributed by atoms with Crippen LogP contribution in [0.5, 0.6) is 0 Å². The summed E-state index contributed by atoms with van der Waals surface area (Å²) < 4.78 is 23.3. The van der Waals surface area contributed by atoms with E-state index in [0.717, 1.165) is 6.42 Å². The van der Waals surface area contributed by atoms with E-state index in [1.165, 1.54) is 6.92 Å². The predicted octanol–water partition coefficient (Wildman–Crippen LogP) is 1.06. The molecule has 5 rings (SSSR count). The highest BCUT2D eigenvalue weighted by molar-refractivity contribution is 5.75. The normalized spacial score (nSPS) is 58.7. The third-order valence-electron chi connectivity index (χ3n) is 6.96. The fourth-order valence-electron chi connectivity index (χ4n) is 5.72. The molecule has 2 saturated carbocycles. The summed E-state index contributed by atoms with van der Waals surface area (Å²) in [4.78, 5) is 23.8. The molecule has 0 aromatic carbocycles. The van der Waals surface area contributed by atoms with Crippen LogP contribution in [0.3, 0.4) is 0 Å². The van der Waals surface area contributed by atoms with E-state index in [1.54, 1.807) is 0 Å². The van der Waals surface area contributed by atoms with Gasteiger partial charge < -0.3 is 18.9 Å². The minimum atomic E-state index is -0.326. The van der Waals surface area contributed by atoms with E-state index in [2.05, 4.69) is 6.92 Å². The van der Waals surface area contributed by atoms with Gasteiger partial charge in [-0.25, -0.2) is 0 Å². The zero-order valence-electron chi connectivity index (χ0n) is 13.6. The number of ether oxygens (including phenoxy) is 4. The van der Waals surface area contributed by atoms with Crippen LogP contribution in [0.4, 0.5) is 0 Å². The van der Waals surface area contributed by atoms with Crippen molar-refractivity contribution in [1.29, 1.82) is 0 Å². The molecule has 2 aliphatic carbocycles. The highest BCUT2D eigenvalue weighted by Crippen LogP contribution is 2.67. The second-order valence-electron chi connectivity index (χ2n) is 8.13. The molecule has 0 bridgehead atoms. The SMILES string of the molecule is CC(=O)O[C@@H]1C[C@@]2(CO2)[C@@H]2C[C@H]3O[C@]3(C)[C@@H]2[C@@H]2OC(=O)[C@H](C)[C@H]21. The Labute approximate surface area is 134 Å². The predicted molar refractivity (Wildman–Crippen MR) is 76.3 cm³/mol. The summed E-state index contributed by atoms with van der Waals surface area (Å²) in [6, 6.07) is 0. The van der Waals surface area contributed by atoms with E-state index in [1.807, 2.05) is 6.92 Å². The number of esters is 2. The van der Waals surface area contributed by atoms with E-state index in [-0.39, 0.29) is 59.2 Å². The lowest BCUT2D eigenvalue weighted by Crippen LogP contribution is -2.42. The average Bonchev–Trinajstić information content (AvgIpc) is 3.32. The van der Waals surface area contributed by atoms with Crippen molar-refractivity contribution in [2.24, 2.45) is 23.7 Å². The Morgan fingerprint density at radius 3 is 2.78 bits per heavy atom. The van der Waals surface area contributed by atoms with Crippen molar-refractivity contribution in [2.75, 3.05) is 6.61 Å². The van der Waals surface area contributed by atoms with Gasteiger partial charge in [0.25, 0.3) is 0 Å². The van der Waals surface area contributed by atoms with Crippen LogP contribution in [0.25, 0.3) is 0 Å². The molecule has 3 aliphatic heterocycles. The quantitative estimate of drug-likeness (QED) is 0.531. The summed E-state index contributed by atoms with van der Waals surface area (Å²) in [6.07, 6.45) is 1.29. The monoisotopic (exact) mass is 322 g/mol. The number of fused-ring (bicyclic) bond motifs is 6. The largest absolute Gasteiger partial charge is 0.462 e. The first kappa shape index (κ1) is 14.2. The van der Waals surface area contributed by atoms with E-state index in [0.29, 0.717) is 18.9 Å². The van der Waals surface area contributed by atoms with Gasteiger partial charge in [-0.05, 0) is 13.3 Å². The Balaban J connectivity index is 1.58. The van der Waals surface area contributed by atoms with Gasteiger partial charge in [-0.1, -0.05) is 6.92 Å². The molecule has 0 aromatic heterocycles. The Morgan fingerprint density at radius 2 is 2.13 bits per heavy atom. The minimum Gasteiger partial charge on any atom is -0.462 e. The molecular weight excluding hydrogens is 300 g/mol. The van der Waals surface area contributed by atoms with Crippen LogP contribution in [0.1, 0.15) is 33.6 Å². The maximum absolute atomic E-state index is 12.2. The molecule has 3 saturated heterocycles. The number of rotatable bonds is 1. The molecule has 23 heavy (non-hydrogen) atoms. The molecule has 0 amide bonds. The average molecular weight is 322 g/mol. The lowest BCUT2D eigenvalue weighted by atomic mass is 9.75. The molecule has 0 aromatic rings. The van der Waals surface area contributed by atoms with Crippen molar-refractivity contribution < 1.29 is 28.5 Å². The molecule has 0 radical (unpaired) electrons. The van der Waals surface area contributed by atoms with Gasteiger partial charge in [0.05, 0.1) is 29.8 Å². The van der Waals surface area contributed by atoms with Crippen molar-refractivity contribution in [1.82, 2.24) is 0 Å². The Morgan fingerprint density at radius 1 is 1.39 bits per heavy atom. The highest BCUT2D eigenvalue weighted by atomic mass is 16.6. The van der Waals surface area contributed by atoms with Crippen LogP contribution >= 0.6 is 0 Å². The van der Waals surface area contributed by atoms with Gasteiger partial charge in [0.2, 0.25) is 0 Å². The fraction of sp³-hybridized carbons (Fsp3) is 0.882. The van der Waals surface area contributed by atoms with Crippen molar-refractivity contribution in [3.8, 4) is 0 Å². The minimum absolute atomic E-state index is 0.109. The molecule has 3 heterocycles. The Hall–Kier alpha value is -1.14. The lowest BCUT2D eigenvalue weighted by Gasteiger charge is -2.32. The summed E-state index contributed by atoms with van der Waals surface area (Å²) in [5, 5.41) is 0. The molecule has 5 fully saturated rings. The maximum Gasteiger partial charge on any atom is 0.309 e. The van der Waals surface area contributed by atoms with Crippen LogP contribution in [0.2, 0.25) is 0 Å². The van der Waals surface area contributed by atoms with Crippen LogP contribution in [-0.4, -0.2) is 48.1 Å². The summed E-state index contributed by atoms with van der Waals surface area (Å²) in [5.74, 6) is -0.416. The van der Waals surface area contributed by atoms with E-state index < -0.39 is 0 Å². The standard InChI is InChI=1S/C17H22O6/c1-7-12-10(21-8(2)18)5-17(6-20-17)9-4-11-16(3,23-11)13(9)14(12)22-15(7)19/h7,9-14H,4-6H2,1-3H3/t7-,9-,10-,11-,12+,13+,14-,16+,17-/m1/s1. The van der Waals surface area contributed by atoms with Crippen LogP contribution in [0, 0.1) is 23.7 Å². The summed E-state index contributed by atoms with van der Waals surface area (Å²) in [7, 11) is 0. The van der Waals surface area contributed by atoms with Gasteiger partial charge in [0, 0.05) is 31.1 Å². The molecule has 1 spiro atoms. The van der Waals surface area contributed by atoms with E-state index in [4.69, 9.17) is 18.9 Å². The Kier molecular flexibility index (Phi) is 2.53. The van der Waals surface area contributed by atoms with E-state index >= 15 is 0 Å². The van der Waals surface area contributed by atoms with E-state index in [9.17, 15) is 9.59 Å². The number of carbonyl (C=O) groups is 2. The van der Waals surface area contributed by atoms with Gasteiger partial charge in [-0.15, -0.1) is 0 Å². The number of epoxide rings is 2. The van der Waals surface area contributed by atoms with Gasteiger partial charge in [-0.3, -0.25) is 9.59 Å². The summed E-state index contributed by atoms with van der Waals surface area (Å²) >= 11 is 0. The Bertz CT molecular complexity index is 598. The van der Waals surface area contributed by atoms with Crippen LogP contribution < -0.4 is 0 Å². The molecule has 9 atom stereocenters. The number of carbonyl (C=O) groups excluding carboxylic acids is 2. The molecule has 0 N–H and O–H groups in total.